The summed E-state index contributed by atoms with van der Waals surface area (Å²) in [7, 11) is -1.09. The smallest absolute Gasteiger partial charge is 0.236 e. The topological polar surface area (TPSA) is 38.7 Å². The van der Waals surface area contributed by atoms with Crippen LogP contribution in [0.5, 0.6) is 0 Å². The van der Waals surface area contributed by atoms with Crippen LogP contribution in [0.1, 0.15) is 47.5 Å². The van der Waals surface area contributed by atoms with Gasteiger partial charge in [-0.3, -0.25) is 0 Å². The zero-order chi connectivity index (χ0) is 17.2. The number of hydrogen-bond acceptors (Lipinski definition) is 3. The summed E-state index contributed by atoms with van der Waals surface area (Å²) in [6, 6.07) is 0. The summed E-state index contributed by atoms with van der Waals surface area (Å²) in [5, 5.41) is 11.0. The molecular formula is C17H32O3Si2. The molecule has 5 heteroatoms. The Morgan fingerprint density at radius 3 is 2.32 bits per heavy atom. The number of aliphatic hydroxyl groups is 1. The summed E-state index contributed by atoms with van der Waals surface area (Å²) in [6.07, 6.45) is 0.974. The first-order valence-electron chi connectivity index (χ1n) is 8.06. The van der Waals surface area contributed by atoms with E-state index >= 15 is 0 Å². The lowest BCUT2D eigenvalue weighted by Crippen LogP contribution is -2.51. The Morgan fingerprint density at radius 2 is 1.82 bits per heavy atom. The van der Waals surface area contributed by atoms with Gasteiger partial charge in [0.25, 0.3) is 0 Å². The van der Waals surface area contributed by atoms with Crippen molar-refractivity contribution in [3.63, 3.8) is 0 Å². The molecule has 1 fully saturated rings. The van der Waals surface area contributed by atoms with Gasteiger partial charge in [-0.15, -0.1) is 5.54 Å². The van der Waals surface area contributed by atoms with Crippen LogP contribution < -0.4 is 0 Å². The predicted molar refractivity (Wildman–Crippen MR) is 95.7 cm³/mol. The first kappa shape index (κ1) is 19.9. The lowest BCUT2D eigenvalue weighted by molar-refractivity contribution is -0.140. The molecule has 0 spiro atoms. The maximum absolute atomic E-state index is 10.8. The molecule has 0 saturated carbocycles. The molecule has 22 heavy (non-hydrogen) atoms. The van der Waals surface area contributed by atoms with E-state index in [2.05, 4.69) is 51.9 Å². The average molecular weight is 341 g/mol. The maximum Gasteiger partial charge on any atom is 0.236 e. The molecule has 2 radical (unpaired) electrons. The van der Waals surface area contributed by atoms with E-state index in [4.69, 9.17) is 9.16 Å². The van der Waals surface area contributed by atoms with Crippen molar-refractivity contribution < 1.29 is 14.3 Å². The highest BCUT2D eigenvalue weighted by Crippen LogP contribution is 2.33. The quantitative estimate of drug-likeness (QED) is 0.632. The average Bonchev–Trinajstić information content (AvgIpc) is 2.33. The van der Waals surface area contributed by atoms with Gasteiger partial charge < -0.3 is 14.3 Å². The highest BCUT2D eigenvalue weighted by molar-refractivity contribution is 6.83. The summed E-state index contributed by atoms with van der Waals surface area (Å²) < 4.78 is 12.0. The third-order valence-electron chi connectivity index (χ3n) is 3.42. The maximum atomic E-state index is 10.8. The molecule has 2 unspecified atom stereocenters. The zero-order valence-corrected chi connectivity index (χ0v) is 17.5. The van der Waals surface area contributed by atoms with Crippen LogP contribution >= 0.6 is 0 Å². The van der Waals surface area contributed by atoms with Gasteiger partial charge >= 0.3 is 0 Å². The molecular weight excluding hydrogens is 308 g/mol. The molecule has 1 aliphatic heterocycles. The molecule has 1 heterocycles. The molecule has 0 aliphatic carbocycles. The summed E-state index contributed by atoms with van der Waals surface area (Å²) in [5.74, 6) is 3.15. The van der Waals surface area contributed by atoms with Gasteiger partial charge in [0.2, 0.25) is 9.76 Å². The lowest BCUT2D eigenvalue weighted by Gasteiger charge is -2.42. The van der Waals surface area contributed by atoms with Crippen LogP contribution in [0.2, 0.25) is 24.7 Å². The normalized spacial score (nSPS) is 27.2. The molecule has 3 nitrogen and oxygen atoms in total. The molecule has 0 amide bonds. The summed E-state index contributed by atoms with van der Waals surface area (Å²) in [4.78, 5) is 0. The molecule has 126 valence electrons. The summed E-state index contributed by atoms with van der Waals surface area (Å²) in [5.41, 5.74) is 1.95. The third kappa shape index (κ3) is 6.97. The zero-order valence-electron chi connectivity index (χ0n) is 15.5. The predicted octanol–water partition coefficient (Wildman–Crippen LogP) is 3.41. The van der Waals surface area contributed by atoms with Crippen LogP contribution in [0, 0.1) is 11.5 Å². The van der Waals surface area contributed by atoms with Gasteiger partial charge in [0.15, 0.2) is 0 Å². The first-order valence-corrected chi connectivity index (χ1v) is 12.5. The molecule has 1 rings (SSSR count). The lowest BCUT2D eigenvalue weighted by atomic mass is 9.85. The molecule has 0 aromatic rings. The second kappa shape index (κ2) is 6.78. The van der Waals surface area contributed by atoms with Crippen LogP contribution in [0.3, 0.4) is 0 Å². The Kier molecular flexibility index (Phi) is 6.14. The Hall–Kier alpha value is -0.126. The SMILES string of the molecule is CC(C)(C)[Si]OC(C)(C)C1CC(O)(C#C[Si](C)(C)C)CCO1. The minimum Gasteiger partial charge on any atom is -0.409 e. The van der Waals surface area contributed by atoms with E-state index < -0.39 is 19.3 Å². The van der Waals surface area contributed by atoms with Crippen molar-refractivity contribution in [1.29, 1.82) is 0 Å². The Labute approximate surface area is 140 Å². The van der Waals surface area contributed by atoms with Crippen LogP contribution in [-0.4, -0.2) is 46.9 Å². The molecule has 2 atom stereocenters. The third-order valence-corrected chi connectivity index (χ3v) is 5.54. The fourth-order valence-electron chi connectivity index (χ4n) is 2.05. The van der Waals surface area contributed by atoms with Crippen LogP contribution in [0.4, 0.5) is 0 Å². The second-order valence-corrected chi connectivity index (χ2v) is 15.6. The summed E-state index contributed by atoms with van der Waals surface area (Å²) >= 11 is 0. The fourth-order valence-corrected chi connectivity index (χ4v) is 3.36. The second-order valence-electron chi connectivity index (χ2n) is 8.90. The fraction of sp³-hybridized carbons (Fsp3) is 0.882. The number of ether oxygens (including phenoxy) is 1. The van der Waals surface area contributed by atoms with Crippen molar-refractivity contribution in [1.82, 2.24) is 0 Å². The van der Waals surface area contributed by atoms with Crippen molar-refractivity contribution in [2.45, 2.75) is 89.4 Å². The van der Waals surface area contributed by atoms with Gasteiger partial charge in [-0.25, -0.2) is 0 Å². The van der Waals surface area contributed by atoms with Crippen molar-refractivity contribution >= 4 is 17.8 Å². The largest absolute Gasteiger partial charge is 0.409 e. The molecule has 0 bridgehead atoms. The molecule has 0 aromatic carbocycles. The van der Waals surface area contributed by atoms with Gasteiger partial charge in [0.1, 0.15) is 13.7 Å². The number of hydrogen-bond donors (Lipinski definition) is 1. The van der Waals surface area contributed by atoms with Gasteiger partial charge in [0.05, 0.1) is 18.3 Å². The van der Waals surface area contributed by atoms with Crippen LogP contribution in [0.25, 0.3) is 0 Å². The van der Waals surface area contributed by atoms with Gasteiger partial charge in [-0.05, 0) is 18.9 Å². The van der Waals surface area contributed by atoms with Gasteiger partial charge in [-0.2, -0.15) is 0 Å². The molecule has 1 N–H and O–H groups in total. The highest BCUT2D eigenvalue weighted by Gasteiger charge is 2.42. The highest BCUT2D eigenvalue weighted by atomic mass is 28.3. The monoisotopic (exact) mass is 340 g/mol. The number of rotatable bonds is 3. The van der Waals surface area contributed by atoms with E-state index in [-0.39, 0.29) is 11.1 Å². The Morgan fingerprint density at radius 1 is 1.23 bits per heavy atom. The Balaban J connectivity index is 2.78. The summed E-state index contributed by atoms with van der Waals surface area (Å²) in [6.45, 7) is 17.7. The Bertz CT molecular complexity index is 438. The van der Waals surface area contributed by atoms with Crippen molar-refractivity contribution in [3.8, 4) is 11.5 Å². The van der Waals surface area contributed by atoms with Gasteiger partial charge in [0, 0.05) is 12.8 Å². The first-order chi connectivity index (χ1) is 9.73. The van der Waals surface area contributed by atoms with E-state index in [1.54, 1.807) is 0 Å². The van der Waals surface area contributed by atoms with E-state index in [0.29, 0.717) is 29.2 Å². The standard InChI is InChI=1S/C17H32O3Si2/c1-15(2,3)21-20-16(4,5)14-13-17(18,9-11-19-14)10-12-22(6,7)8/h14,18H,9,11,13H2,1-8H3. The van der Waals surface area contributed by atoms with Crippen LogP contribution in [0.15, 0.2) is 0 Å². The minimum absolute atomic E-state index is 0.128. The van der Waals surface area contributed by atoms with Crippen LogP contribution in [-0.2, 0) is 9.16 Å². The van der Waals surface area contributed by atoms with E-state index in [1.165, 1.54) is 0 Å². The van der Waals surface area contributed by atoms with Crippen molar-refractivity contribution in [3.05, 3.63) is 0 Å². The van der Waals surface area contributed by atoms with E-state index in [1.807, 2.05) is 13.8 Å². The van der Waals surface area contributed by atoms with Crippen molar-refractivity contribution in [2.24, 2.45) is 0 Å². The van der Waals surface area contributed by atoms with E-state index in [9.17, 15) is 5.11 Å². The van der Waals surface area contributed by atoms with Gasteiger partial charge in [-0.1, -0.05) is 46.3 Å². The molecule has 1 aliphatic rings. The minimum atomic E-state index is -1.49. The van der Waals surface area contributed by atoms with Crippen molar-refractivity contribution in [2.75, 3.05) is 6.61 Å². The van der Waals surface area contributed by atoms with E-state index in [0.717, 1.165) is 0 Å². The molecule has 1 saturated heterocycles. The molecule has 0 aromatic heterocycles.